The second-order valence-electron chi connectivity index (χ2n) is 8.32. The summed E-state index contributed by atoms with van der Waals surface area (Å²) in [4.78, 5) is 41.6. The molecule has 0 spiro atoms. The maximum atomic E-state index is 13.3. The zero-order chi connectivity index (χ0) is 20.2. The van der Waals surface area contributed by atoms with Crippen LogP contribution < -0.4 is 5.32 Å². The van der Waals surface area contributed by atoms with Crippen molar-refractivity contribution in [1.29, 1.82) is 0 Å². The van der Waals surface area contributed by atoms with Gasteiger partial charge in [0, 0.05) is 18.6 Å². The molecule has 2 atom stereocenters. The van der Waals surface area contributed by atoms with E-state index in [1.54, 1.807) is 11.8 Å². The number of piperazine rings is 1. The third kappa shape index (κ3) is 4.31. The van der Waals surface area contributed by atoms with Crippen LogP contribution in [0.1, 0.15) is 59.1 Å². The summed E-state index contributed by atoms with van der Waals surface area (Å²) < 4.78 is 0. The van der Waals surface area contributed by atoms with Crippen LogP contribution in [0, 0.1) is 0 Å². The van der Waals surface area contributed by atoms with Gasteiger partial charge in [0.15, 0.2) is 5.54 Å². The first-order chi connectivity index (χ1) is 12.6. The summed E-state index contributed by atoms with van der Waals surface area (Å²) in [5.74, 6) is -0.772. The molecule has 0 bridgehead atoms. The zero-order valence-electron chi connectivity index (χ0n) is 17.0. The minimum Gasteiger partial charge on any atom is -0.349 e. The lowest BCUT2D eigenvalue weighted by Crippen LogP contribution is -2.71. The SMILES string of the molecule is CCCCN1C[C@H](c2ccccc2)N(C=O)C(C)(C(=O)NC(C)(C)C)C1=O. The van der Waals surface area contributed by atoms with Crippen LogP contribution in [0.25, 0.3) is 0 Å². The molecule has 1 heterocycles. The highest BCUT2D eigenvalue weighted by molar-refractivity contribution is 6.11. The number of amides is 3. The third-order valence-electron chi connectivity index (χ3n) is 4.96. The van der Waals surface area contributed by atoms with Crippen molar-refractivity contribution in [1.82, 2.24) is 15.1 Å². The number of hydrogen-bond acceptors (Lipinski definition) is 3. The summed E-state index contributed by atoms with van der Waals surface area (Å²) in [6, 6.07) is 9.20. The van der Waals surface area contributed by atoms with Crippen molar-refractivity contribution in [3.05, 3.63) is 35.9 Å². The largest absolute Gasteiger partial charge is 0.349 e. The molecule has 1 aliphatic heterocycles. The highest BCUT2D eigenvalue weighted by Crippen LogP contribution is 2.35. The number of hydrogen-bond donors (Lipinski definition) is 1. The summed E-state index contributed by atoms with van der Waals surface area (Å²) in [6.45, 7) is 10.2. The van der Waals surface area contributed by atoms with Crippen molar-refractivity contribution in [2.75, 3.05) is 13.1 Å². The summed E-state index contributed by atoms with van der Waals surface area (Å²) in [7, 11) is 0. The van der Waals surface area contributed by atoms with Gasteiger partial charge in [-0.1, -0.05) is 43.7 Å². The third-order valence-corrected chi connectivity index (χ3v) is 4.96. The smallest absolute Gasteiger partial charge is 0.258 e. The Balaban J connectivity index is 2.50. The van der Waals surface area contributed by atoms with Crippen LogP contribution in [0.15, 0.2) is 30.3 Å². The molecule has 6 nitrogen and oxygen atoms in total. The molecule has 6 heteroatoms. The first kappa shape index (κ1) is 20.9. The number of carbonyl (C=O) groups excluding carboxylic acids is 3. The molecule has 0 aliphatic carbocycles. The molecule has 1 aliphatic rings. The highest BCUT2D eigenvalue weighted by atomic mass is 16.2. The van der Waals surface area contributed by atoms with Crippen molar-refractivity contribution in [2.45, 2.75) is 64.6 Å². The minimum absolute atomic E-state index is 0.322. The molecule has 0 saturated carbocycles. The number of benzene rings is 1. The van der Waals surface area contributed by atoms with Gasteiger partial charge in [-0.15, -0.1) is 0 Å². The standard InChI is InChI=1S/C21H31N3O3/c1-6-7-13-23-14-17(16-11-9-8-10-12-16)24(15-25)21(5,19(23)27)18(26)22-20(2,3)4/h8-12,15,17H,6-7,13-14H2,1-5H3,(H,22,26)/t17-,21?/m1/s1. The number of unbranched alkanes of at least 4 members (excludes halogenated alkanes) is 1. The van der Waals surface area contributed by atoms with Crippen molar-refractivity contribution in [3.63, 3.8) is 0 Å². The van der Waals surface area contributed by atoms with Gasteiger partial charge in [0.1, 0.15) is 0 Å². The Morgan fingerprint density at radius 1 is 1.30 bits per heavy atom. The Bertz CT molecular complexity index is 684. The van der Waals surface area contributed by atoms with Gasteiger partial charge < -0.3 is 15.1 Å². The van der Waals surface area contributed by atoms with E-state index < -0.39 is 17.0 Å². The quantitative estimate of drug-likeness (QED) is 0.615. The predicted molar refractivity (Wildman–Crippen MR) is 105 cm³/mol. The molecule has 2 rings (SSSR count). The van der Waals surface area contributed by atoms with Gasteiger partial charge in [-0.25, -0.2) is 0 Å². The van der Waals surface area contributed by atoms with Crippen molar-refractivity contribution in [2.24, 2.45) is 0 Å². The molecule has 1 fully saturated rings. The van der Waals surface area contributed by atoms with Gasteiger partial charge in [-0.05, 0) is 39.7 Å². The van der Waals surface area contributed by atoms with E-state index in [9.17, 15) is 14.4 Å². The molecule has 1 aromatic carbocycles. The van der Waals surface area contributed by atoms with Gasteiger partial charge in [0.25, 0.3) is 11.8 Å². The van der Waals surface area contributed by atoms with Crippen LogP contribution in [0.2, 0.25) is 0 Å². The number of nitrogens with zero attached hydrogens (tertiary/aromatic N) is 2. The Kier molecular flexibility index (Phi) is 6.29. The maximum absolute atomic E-state index is 13.3. The van der Waals surface area contributed by atoms with Gasteiger partial charge >= 0.3 is 0 Å². The van der Waals surface area contributed by atoms with E-state index in [4.69, 9.17) is 0 Å². The Morgan fingerprint density at radius 2 is 1.93 bits per heavy atom. The molecule has 1 unspecified atom stereocenters. The molecule has 3 amide bonds. The summed E-state index contributed by atoms with van der Waals surface area (Å²) >= 11 is 0. The molecular weight excluding hydrogens is 342 g/mol. The zero-order valence-corrected chi connectivity index (χ0v) is 17.0. The normalized spacial score (nSPS) is 23.3. The summed E-state index contributed by atoms with van der Waals surface area (Å²) in [5.41, 5.74) is -1.18. The van der Waals surface area contributed by atoms with Crippen LogP contribution in [0.3, 0.4) is 0 Å². The second-order valence-corrected chi connectivity index (χ2v) is 8.32. The lowest BCUT2D eigenvalue weighted by atomic mass is 9.87. The van der Waals surface area contributed by atoms with Crippen LogP contribution in [0.4, 0.5) is 0 Å². The Labute approximate surface area is 161 Å². The number of nitrogens with one attached hydrogen (secondary N) is 1. The van der Waals surface area contributed by atoms with Gasteiger partial charge in [-0.3, -0.25) is 14.4 Å². The van der Waals surface area contributed by atoms with Crippen LogP contribution in [-0.2, 0) is 14.4 Å². The fraction of sp³-hybridized carbons (Fsp3) is 0.571. The molecule has 0 aromatic heterocycles. The Morgan fingerprint density at radius 3 is 2.44 bits per heavy atom. The lowest BCUT2D eigenvalue weighted by molar-refractivity contribution is -0.167. The molecule has 148 valence electrons. The monoisotopic (exact) mass is 373 g/mol. The molecule has 1 saturated heterocycles. The average molecular weight is 373 g/mol. The van der Waals surface area contributed by atoms with E-state index in [1.165, 1.54) is 4.90 Å². The van der Waals surface area contributed by atoms with E-state index >= 15 is 0 Å². The van der Waals surface area contributed by atoms with Gasteiger partial charge in [0.05, 0.1) is 6.04 Å². The van der Waals surface area contributed by atoms with Crippen LogP contribution in [0.5, 0.6) is 0 Å². The average Bonchev–Trinajstić information content (AvgIpc) is 2.62. The lowest BCUT2D eigenvalue weighted by Gasteiger charge is -2.50. The molecule has 1 aromatic rings. The first-order valence-corrected chi connectivity index (χ1v) is 9.55. The minimum atomic E-state index is -1.58. The van der Waals surface area contributed by atoms with E-state index in [0.29, 0.717) is 19.5 Å². The van der Waals surface area contributed by atoms with Crippen LogP contribution >= 0.6 is 0 Å². The van der Waals surface area contributed by atoms with Crippen molar-refractivity contribution in [3.8, 4) is 0 Å². The first-order valence-electron chi connectivity index (χ1n) is 9.55. The molecule has 0 radical (unpaired) electrons. The van der Waals surface area contributed by atoms with Gasteiger partial charge in [-0.2, -0.15) is 0 Å². The topological polar surface area (TPSA) is 69.7 Å². The highest BCUT2D eigenvalue weighted by Gasteiger charge is 2.55. The van der Waals surface area contributed by atoms with E-state index in [0.717, 1.165) is 18.4 Å². The molecular formula is C21H31N3O3. The summed E-state index contributed by atoms with van der Waals surface area (Å²) in [6.07, 6.45) is 2.43. The van der Waals surface area contributed by atoms with Crippen molar-refractivity contribution >= 4 is 18.2 Å². The van der Waals surface area contributed by atoms with E-state index in [2.05, 4.69) is 12.2 Å². The number of rotatable bonds is 6. The fourth-order valence-electron chi connectivity index (χ4n) is 3.45. The second kappa shape index (κ2) is 8.11. The van der Waals surface area contributed by atoms with E-state index in [-0.39, 0.29) is 11.9 Å². The predicted octanol–water partition coefficient (Wildman–Crippen LogP) is 2.50. The molecule has 27 heavy (non-hydrogen) atoms. The van der Waals surface area contributed by atoms with E-state index in [1.807, 2.05) is 51.1 Å². The summed E-state index contributed by atoms with van der Waals surface area (Å²) in [5, 5.41) is 2.89. The van der Waals surface area contributed by atoms with Crippen molar-refractivity contribution < 1.29 is 14.4 Å². The molecule has 1 N–H and O–H groups in total. The fourth-order valence-corrected chi connectivity index (χ4v) is 3.45. The van der Waals surface area contributed by atoms with Gasteiger partial charge in [0.2, 0.25) is 6.41 Å². The number of carbonyl (C=O) groups is 3. The van der Waals surface area contributed by atoms with Crippen LogP contribution in [-0.4, -0.2) is 52.2 Å². The maximum Gasteiger partial charge on any atom is 0.258 e. The Hall–Kier alpha value is -2.37.